The van der Waals surface area contributed by atoms with E-state index >= 15 is 0 Å². The fourth-order valence-electron chi connectivity index (χ4n) is 1.53. The van der Waals surface area contributed by atoms with E-state index in [9.17, 15) is 23.3 Å². The van der Waals surface area contributed by atoms with Gasteiger partial charge >= 0.3 is 5.97 Å². The number of carbonyl (C=O) groups is 1. The van der Waals surface area contributed by atoms with Crippen LogP contribution in [0.4, 0.5) is 5.69 Å². The largest absolute Gasteiger partial charge is 0.468 e. The highest BCUT2D eigenvalue weighted by atomic mass is 35.5. The first-order chi connectivity index (χ1) is 9.73. The minimum absolute atomic E-state index is 0.0186. The van der Waals surface area contributed by atoms with Gasteiger partial charge in [-0.25, -0.2) is 8.42 Å². The lowest BCUT2D eigenvalue weighted by molar-refractivity contribution is -0.384. The Morgan fingerprint density at radius 2 is 2.10 bits per heavy atom. The Bertz CT molecular complexity index is 661. The highest BCUT2D eigenvalue weighted by Gasteiger charge is 2.28. The molecule has 8 nitrogen and oxygen atoms in total. The summed E-state index contributed by atoms with van der Waals surface area (Å²) in [6.07, 6.45) is 0. The molecule has 0 unspecified atom stereocenters. The second kappa shape index (κ2) is 6.83. The molecule has 0 aliphatic rings. The molecule has 0 fully saturated rings. The van der Waals surface area contributed by atoms with E-state index in [1.54, 1.807) is 6.92 Å². The normalized spacial score (nSPS) is 11.4. The predicted octanol–water partition coefficient (Wildman–Crippen LogP) is 1.43. The molecule has 21 heavy (non-hydrogen) atoms. The summed E-state index contributed by atoms with van der Waals surface area (Å²) in [5.74, 6) is -0.724. The van der Waals surface area contributed by atoms with E-state index in [0.717, 1.165) is 29.6 Å². The van der Waals surface area contributed by atoms with Crippen LogP contribution in [0.3, 0.4) is 0 Å². The van der Waals surface area contributed by atoms with E-state index in [1.165, 1.54) is 0 Å². The van der Waals surface area contributed by atoms with Crippen molar-refractivity contribution in [2.24, 2.45) is 0 Å². The third-order valence-electron chi connectivity index (χ3n) is 2.63. The average Bonchev–Trinajstić information content (AvgIpc) is 2.43. The number of carbonyl (C=O) groups excluding carboxylic acids is 1. The number of nitro benzene ring substituents is 1. The molecular formula is C11H13ClN2O6S. The van der Waals surface area contributed by atoms with E-state index in [2.05, 4.69) is 4.74 Å². The number of halogens is 1. The lowest BCUT2D eigenvalue weighted by Crippen LogP contribution is -2.36. The van der Waals surface area contributed by atoms with Crippen LogP contribution in [-0.4, -0.2) is 43.8 Å². The summed E-state index contributed by atoms with van der Waals surface area (Å²) in [5, 5.41) is 10.3. The van der Waals surface area contributed by atoms with Gasteiger partial charge in [-0.1, -0.05) is 18.5 Å². The molecule has 0 spiro atoms. The summed E-state index contributed by atoms with van der Waals surface area (Å²) in [7, 11) is -2.91. The van der Waals surface area contributed by atoms with Crippen LogP contribution in [0.25, 0.3) is 0 Å². The van der Waals surface area contributed by atoms with Crippen molar-refractivity contribution in [3.8, 4) is 0 Å². The molecule has 0 radical (unpaired) electrons. The average molecular weight is 337 g/mol. The van der Waals surface area contributed by atoms with Gasteiger partial charge < -0.3 is 4.74 Å². The number of non-ortho nitro benzene ring substituents is 1. The number of sulfonamides is 1. The van der Waals surface area contributed by atoms with Crippen LogP contribution >= 0.6 is 11.6 Å². The lowest BCUT2D eigenvalue weighted by atomic mass is 10.3. The second-order valence-corrected chi connectivity index (χ2v) is 6.19. The Balaban J connectivity index is 3.23. The van der Waals surface area contributed by atoms with E-state index in [0.29, 0.717) is 0 Å². The number of nitrogens with zero attached hydrogens (tertiary/aromatic N) is 2. The number of hydrogen-bond acceptors (Lipinski definition) is 6. The van der Waals surface area contributed by atoms with Crippen LogP contribution < -0.4 is 0 Å². The third kappa shape index (κ3) is 3.90. The summed E-state index contributed by atoms with van der Waals surface area (Å²) in [6, 6.07) is 3.01. The molecule has 0 saturated heterocycles. The van der Waals surface area contributed by atoms with Gasteiger partial charge in [0, 0.05) is 18.7 Å². The molecule has 0 amide bonds. The summed E-state index contributed by atoms with van der Waals surface area (Å²) in [4.78, 5) is 20.9. The Morgan fingerprint density at radius 1 is 1.48 bits per heavy atom. The third-order valence-corrected chi connectivity index (χ3v) is 5.03. The maximum Gasteiger partial charge on any atom is 0.321 e. The minimum atomic E-state index is -4.05. The van der Waals surface area contributed by atoms with Crippen molar-refractivity contribution in [1.82, 2.24) is 4.31 Å². The fourth-order valence-corrected chi connectivity index (χ4v) is 3.43. The zero-order valence-corrected chi connectivity index (χ0v) is 12.8. The number of nitro groups is 1. The van der Waals surface area contributed by atoms with Crippen LogP contribution in [0.1, 0.15) is 6.92 Å². The molecule has 1 rings (SSSR count). The summed E-state index contributed by atoms with van der Waals surface area (Å²) in [5.41, 5.74) is -0.324. The first-order valence-electron chi connectivity index (χ1n) is 5.75. The number of ether oxygens (including phenoxy) is 1. The molecule has 10 heteroatoms. The Morgan fingerprint density at radius 3 is 2.52 bits per heavy atom. The predicted molar refractivity (Wildman–Crippen MR) is 74.6 cm³/mol. The van der Waals surface area contributed by atoms with E-state index < -0.39 is 27.5 Å². The maximum absolute atomic E-state index is 12.4. The maximum atomic E-state index is 12.4. The fraction of sp³-hybridized carbons (Fsp3) is 0.364. The highest BCUT2D eigenvalue weighted by Crippen LogP contribution is 2.28. The van der Waals surface area contributed by atoms with Crippen LogP contribution in [0.2, 0.25) is 5.02 Å². The molecule has 0 saturated carbocycles. The first-order valence-corrected chi connectivity index (χ1v) is 7.56. The van der Waals surface area contributed by atoms with E-state index in [1.807, 2.05) is 0 Å². The number of esters is 1. The molecular weight excluding hydrogens is 324 g/mol. The molecule has 0 N–H and O–H groups in total. The van der Waals surface area contributed by atoms with Crippen molar-refractivity contribution in [3.05, 3.63) is 33.3 Å². The Labute approximate surface area is 126 Å². The van der Waals surface area contributed by atoms with Gasteiger partial charge in [-0.2, -0.15) is 4.31 Å². The minimum Gasteiger partial charge on any atom is -0.468 e. The highest BCUT2D eigenvalue weighted by molar-refractivity contribution is 7.89. The molecule has 0 aromatic heterocycles. The van der Waals surface area contributed by atoms with Crippen molar-refractivity contribution < 1.29 is 22.9 Å². The molecule has 1 aromatic carbocycles. The Kier molecular flexibility index (Phi) is 5.64. The molecule has 0 bridgehead atoms. The van der Waals surface area contributed by atoms with Gasteiger partial charge in [0.05, 0.1) is 17.1 Å². The van der Waals surface area contributed by atoms with E-state index in [4.69, 9.17) is 11.6 Å². The van der Waals surface area contributed by atoms with Crippen molar-refractivity contribution in [2.75, 3.05) is 20.2 Å². The number of methoxy groups -OCH3 is 1. The van der Waals surface area contributed by atoms with Crippen molar-refractivity contribution in [1.29, 1.82) is 0 Å². The van der Waals surface area contributed by atoms with Crippen LogP contribution in [0.5, 0.6) is 0 Å². The molecule has 0 aliphatic heterocycles. The van der Waals surface area contributed by atoms with Crippen LogP contribution in [0, 0.1) is 10.1 Å². The SMILES string of the molecule is CCN(CC(=O)OC)S(=O)(=O)c1ccc([N+](=O)[O-])cc1Cl. The van der Waals surface area contributed by atoms with Gasteiger partial charge in [-0.3, -0.25) is 14.9 Å². The smallest absolute Gasteiger partial charge is 0.321 e. The monoisotopic (exact) mass is 336 g/mol. The van der Waals surface area contributed by atoms with Gasteiger partial charge in [-0.15, -0.1) is 0 Å². The van der Waals surface area contributed by atoms with Crippen molar-refractivity contribution in [3.63, 3.8) is 0 Å². The first kappa shape index (κ1) is 17.3. The van der Waals surface area contributed by atoms with Crippen LogP contribution in [0.15, 0.2) is 23.1 Å². The lowest BCUT2D eigenvalue weighted by Gasteiger charge is -2.19. The molecule has 0 heterocycles. The summed E-state index contributed by atoms with van der Waals surface area (Å²) in [6.45, 7) is 1.09. The zero-order valence-electron chi connectivity index (χ0n) is 11.3. The molecule has 0 aliphatic carbocycles. The molecule has 116 valence electrons. The standard InChI is InChI=1S/C11H13ClN2O6S/c1-3-13(7-11(15)20-2)21(18,19)10-5-4-8(14(16)17)6-9(10)12/h4-6H,3,7H2,1-2H3. The number of rotatable bonds is 6. The van der Waals surface area contributed by atoms with Crippen LogP contribution in [-0.2, 0) is 19.6 Å². The van der Waals surface area contributed by atoms with Gasteiger partial charge in [0.15, 0.2) is 0 Å². The summed E-state index contributed by atoms with van der Waals surface area (Å²) >= 11 is 5.80. The number of likely N-dealkylation sites (N-methyl/N-ethyl adjacent to an activating group) is 1. The number of benzene rings is 1. The zero-order chi connectivity index (χ0) is 16.2. The second-order valence-electron chi connectivity index (χ2n) is 3.88. The Hall–Kier alpha value is -1.71. The van der Waals surface area contributed by atoms with Crippen molar-refractivity contribution >= 4 is 33.3 Å². The van der Waals surface area contributed by atoms with Gasteiger partial charge in [0.2, 0.25) is 10.0 Å². The molecule has 1 aromatic rings. The molecule has 0 atom stereocenters. The van der Waals surface area contributed by atoms with Gasteiger partial charge in [0.1, 0.15) is 11.4 Å². The topological polar surface area (TPSA) is 107 Å². The van der Waals surface area contributed by atoms with E-state index in [-0.39, 0.29) is 22.2 Å². The number of hydrogen-bond donors (Lipinski definition) is 0. The van der Waals surface area contributed by atoms with Gasteiger partial charge in [-0.05, 0) is 6.07 Å². The quantitative estimate of drug-likeness (QED) is 0.442. The summed E-state index contributed by atoms with van der Waals surface area (Å²) < 4.78 is 30.1. The van der Waals surface area contributed by atoms with Crippen molar-refractivity contribution in [2.45, 2.75) is 11.8 Å². The van der Waals surface area contributed by atoms with Gasteiger partial charge in [0.25, 0.3) is 5.69 Å².